The van der Waals surface area contributed by atoms with Crippen LogP contribution in [-0.2, 0) is 9.53 Å². The summed E-state index contributed by atoms with van der Waals surface area (Å²) in [6, 6.07) is 10.3. The zero-order valence-electron chi connectivity index (χ0n) is 12.2. The van der Waals surface area contributed by atoms with Crippen molar-refractivity contribution in [1.29, 1.82) is 0 Å². The van der Waals surface area contributed by atoms with E-state index in [-0.39, 0.29) is 11.8 Å². The smallest absolute Gasteiger partial charge is 0.308 e. The highest BCUT2D eigenvalue weighted by molar-refractivity contribution is 5.72. The summed E-state index contributed by atoms with van der Waals surface area (Å²) in [6.45, 7) is 4.18. The molecule has 1 unspecified atom stereocenters. The Bertz CT molecular complexity index is 435. The number of rotatable bonds is 6. The molecule has 0 saturated carbocycles. The van der Waals surface area contributed by atoms with E-state index in [1.165, 1.54) is 0 Å². The fourth-order valence-electron chi connectivity index (χ4n) is 3.09. The van der Waals surface area contributed by atoms with Crippen molar-refractivity contribution >= 4 is 5.97 Å². The van der Waals surface area contributed by atoms with Gasteiger partial charge >= 0.3 is 5.97 Å². The van der Waals surface area contributed by atoms with Crippen molar-refractivity contribution < 1.29 is 14.6 Å². The van der Waals surface area contributed by atoms with Crippen LogP contribution in [-0.4, -0.2) is 48.8 Å². The molecular formula is C16H23NO3. The predicted octanol–water partition coefficient (Wildman–Crippen LogP) is 2.21. The van der Waals surface area contributed by atoms with Crippen LogP contribution in [0.3, 0.4) is 0 Å². The number of carboxylic acids is 1. The van der Waals surface area contributed by atoms with Crippen molar-refractivity contribution in [2.24, 2.45) is 5.92 Å². The van der Waals surface area contributed by atoms with Crippen molar-refractivity contribution in [3.63, 3.8) is 0 Å². The number of likely N-dealkylation sites (tertiary alicyclic amines) is 1. The SMILES string of the molecule is CCC(COC)N1C[C@H](C(=O)O)[C@H](c2ccccc2)C1. The summed E-state index contributed by atoms with van der Waals surface area (Å²) in [5.41, 5.74) is 1.12. The molecule has 1 heterocycles. The van der Waals surface area contributed by atoms with E-state index in [2.05, 4.69) is 11.8 Å². The molecule has 0 radical (unpaired) electrons. The quantitative estimate of drug-likeness (QED) is 0.866. The lowest BCUT2D eigenvalue weighted by Gasteiger charge is -2.26. The number of hydrogen-bond acceptors (Lipinski definition) is 3. The normalized spacial score (nSPS) is 24.7. The second kappa shape index (κ2) is 6.86. The summed E-state index contributed by atoms with van der Waals surface area (Å²) in [4.78, 5) is 13.8. The lowest BCUT2D eigenvalue weighted by atomic mass is 9.89. The minimum atomic E-state index is -0.700. The van der Waals surface area contributed by atoms with Crippen LogP contribution in [0.1, 0.15) is 24.8 Å². The van der Waals surface area contributed by atoms with Gasteiger partial charge in [-0.2, -0.15) is 0 Å². The van der Waals surface area contributed by atoms with Crippen LogP contribution in [0.2, 0.25) is 0 Å². The molecule has 1 fully saturated rings. The van der Waals surface area contributed by atoms with Crippen LogP contribution in [0.25, 0.3) is 0 Å². The van der Waals surface area contributed by atoms with E-state index >= 15 is 0 Å². The predicted molar refractivity (Wildman–Crippen MR) is 77.8 cm³/mol. The van der Waals surface area contributed by atoms with Crippen LogP contribution in [0.4, 0.5) is 0 Å². The summed E-state index contributed by atoms with van der Waals surface area (Å²) in [7, 11) is 1.70. The Balaban J connectivity index is 2.17. The molecule has 1 saturated heterocycles. The molecule has 1 aromatic rings. The topological polar surface area (TPSA) is 49.8 Å². The van der Waals surface area contributed by atoms with Gasteiger partial charge in [0, 0.05) is 32.2 Å². The van der Waals surface area contributed by atoms with Gasteiger partial charge in [-0.1, -0.05) is 37.3 Å². The molecule has 20 heavy (non-hydrogen) atoms. The van der Waals surface area contributed by atoms with E-state index in [1.807, 2.05) is 30.3 Å². The van der Waals surface area contributed by atoms with E-state index in [9.17, 15) is 9.90 Å². The van der Waals surface area contributed by atoms with Crippen molar-refractivity contribution in [3.05, 3.63) is 35.9 Å². The highest BCUT2D eigenvalue weighted by Gasteiger charge is 2.40. The molecule has 1 aliphatic rings. The highest BCUT2D eigenvalue weighted by atomic mass is 16.5. The summed E-state index contributed by atoms with van der Waals surface area (Å²) in [5, 5.41) is 9.49. The van der Waals surface area contributed by atoms with E-state index in [0.717, 1.165) is 18.5 Å². The maximum atomic E-state index is 11.5. The number of ether oxygens (including phenoxy) is 1. The molecule has 0 amide bonds. The molecule has 0 bridgehead atoms. The lowest BCUT2D eigenvalue weighted by molar-refractivity contribution is -0.141. The van der Waals surface area contributed by atoms with E-state index in [4.69, 9.17) is 4.74 Å². The van der Waals surface area contributed by atoms with Gasteiger partial charge in [-0.25, -0.2) is 0 Å². The monoisotopic (exact) mass is 277 g/mol. The number of nitrogens with zero attached hydrogens (tertiary/aromatic N) is 1. The number of benzene rings is 1. The Labute approximate surface area is 120 Å². The molecular weight excluding hydrogens is 254 g/mol. The van der Waals surface area contributed by atoms with Crippen molar-refractivity contribution in [2.75, 3.05) is 26.8 Å². The van der Waals surface area contributed by atoms with Gasteiger partial charge < -0.3 is 9.84 Å². The molecule has 0 aromatic heterocycles. The number of carbonyl (C=O) groups is 1. The van der Waals surface area contributed by atoms with Crippen LogP contribution < -0.4 is 0 Å². The number of methoxy groups -OCH3 is 1. The van der Waals surface area contributed by atoms with E-state index in [0.29, 0.717) is 19.2 Å². The fourth-order valence-corrected chi connectivity index (χ4v) is 3.09. The average molecular weight is 277 g/mol. The number of aliphatic carboxylic acids is 1. The molecule has 2 rings (SSSR count). The Hall–Kier alpha value is -1.39. The van der Waals surface area contributed by atoms with E-state index < -0.39 is 5.97 Å². The lowest BCUT2D eigenvalue weighted by Crippen LogP contribution is -2.37. The average Bonchev–Trinajstić information content (AvgIpc) is 2.91. The van der Waals surface area contributed by atoms with Gasteiger partial charge in [0.1, 0.15) is 0 Å². The van der Waals surface area contributed by atoms with Gasteiger partial charge in [0.2, 0.25) is 0 Å². The number of hydrogen-bond donors (Lipinski definition) is 1. The van der Waals surface area contributed by atoms with E-state index in [1.54, 1.807) is 7.11 Å². The standard InChI is InChI=1S/C16H23NO3/c1-3-13(11-20-2)17-9-14(15(10-17)16(18)19)12-7-5-4-6-8-12/h4-8,13-15H,3,9-11H2,1-2H3,(H,18,19)/t13?,14-,15-/m0/s1. The molecule has 4 heteroatoms. The van der Waals surface area contributed by atoms with Gasteiger partial charge in [-0.15, -0.1) is 0 Å². The minimum absolute atomic E-state index is 0.0691. The zero-order chi connectivity index (χ0) is 14.5. The third kappa shape index (κ3) is 3.19. The third-order valence-electron chi connectivity index (χ3n) is 4.24. The molecule has 4 nitrogen and oxygen atoms in total. The Morgan fingerprint density at radius 2 is 2.10 bits per heavy atom. The maximum Gasteiger partial charge on any atom is 0.308 e. The second-order valence-corrected chi connectivity index (χ2v) is 5.43. The summed E-state index contributed by atoms with van der Waals surface area (Å²) < 4.78 is 5.25. The Kier molecular flexibility index (Phi) is 5.15. The van der Waals surface area contributed by atoms with Gasteiger partial charge in [-0.05, 0) is 12.0 Å². The first-order valence-corrected chi connectivity index (χ1v) is 7.18. The first kappa shape index (κ1) is 15.0. The molecule has 3 atom stereocenters. The molecule has 0 aliphatic carbocycles. The largest absolute Gasteiger partial charge is 0.481 e. The summed E-state index contributed by atoms with van der Waals surface area (Å²) in [6.07, 6.45) is 0.974. The molecule has 1 N–H and O–H groups in total. The van der Waals surface area contributed by atoms with Gasteiger partial charge in [0.15, 0.2) is 0 Å². The molecule has 1 aliphatic heterocycles. The minimum Gasteiger partial charge on any atom is -0.481 e. The Morgan fingerprint density at radius 1 is 1.40 bits per heavy atom. The Morgan fingerprint density at radius 3 is 2.65 bits per heavy atom. The van der Waals surface area contributed by atoms with Gasteiger partial charge in [0.25, 0.3) is 0 Å². The van der Waals surface area contributed by atoms with Crippen molar-refractivity contribution in [2.45, 2.75) is 25.3 Å². The fraction of sp³-hybridized carbons (Fsp3) is 0.562. The molecule has 110 valence electrons. The van der Waals surface area contributed by atoms with Crippen LogP contribution in [0.15, 0.2) is 30.3 Å². The first-order chi connectivity index (χ1) is 9.67. The number of carboxylic acid groups (broad SMARTS) is 1. The van der Waals surface area contributed by atoms with Crippen LogP contribution in [0, 0.1) is 5.92 Å². The maximum absolute atomic E-state index is 11.5. The molecule has 0 spiro atoms. The van der Waals surface area contributed by atoms with Crippen molar-refractivity contribution in [3.8, 4) is 0 Å². The van der Waals surface area contributed by atoms with Gasteiger partial charge in [0.05, 0.1) is 12.5 Å². The van der Waals surface area contributed by atoms with Crippen LogP contribution in [0.5, 0.6) is 0 Å². The third-order valence-corrected chi connectivity index (χ3v) is 4.24. The summed E-state index contributed by atoms with van der Waals surface area (Å²) >= 11 is 0. The van der Waals surface area contributed by atoms with Gasteiger partial charge in [-0.3, -0.25) is 9.69 Å². The zero-order valence-corrected chi connectivity index (χ0v) is 12.2. The van der Waals surface area contributed by atoms with Crippen molar-refractivity contribution in [1.82, 2.24) is 4.90 Å². The summed E-state index contributed by atoms with van der Waals surface area (Å²) in [5.74, 6) is -0.962. The highest BCUT2D eigenvalue weighted by Crippen LogP contribution is 2.34. The first-order valence-electron chi connectivity index (χ1n) is 7.18. The van der Waals surface area contributed by atoms with Crippen LogP contribution >= 0.6 is 0 Å². The molecule has 1 aromatic carbocycles. The second-order valence-electron chi connectivity index (χ2n) is 5.43.